The van der Waals surface area contributed by atoms with Gasteiger partial charge in [0.25, 0.3) is 11.6 Å². The standard InChI is InChI=1S/C17H13F5N4O3/c18-6-10-12-14(23-16(28)24-15(12)27)26(25-10)13(7-1-2-7)8-3-4-11(9(19)5-8)29-17(20,21)22/h3-5,7,13H,1-2,6H2,(H2,23,24,27,28)/t13-/m1/s1. The van der Waals surface area contributed by atoms with Crippen molar-refractivity contribution in [3.8, 4) is 11.8 Å². The van der Waals surface area contributed by atoms with Crippen molar-refractivity contribution in [1.82, 2.24) is 19.7 Å². The van der Waals surface area contributed by atoms with Crippen LogP contribution in [0.5, 0.6) is 11.8 Å². The number of benzene rings is 1. The largest absolute Gasteiger partial charge is 0.573 e. The van der Waals surface area contributed by atoms with Crippen LogP contribution in [-0.2, 0) is 6.67 Å². The van der Waals surface area contributed by atoms with E-state index in [9.17, 15) is 31.9 Å². The monoisotopic (exact) mass is 416 g/mol. The number of rotatable bonds is 5. The van der Waals surface area contributed by atoms with Gasteiger partial charge in [0, 0.05) is 0 Å². The van der Waals surface area contributed by atoms with Crippen molar-refractivity contribution in [2.45, 2.75) is 31.9 Å². The molecule has 154 valence electrons. The number of alkyl halides is 4. The number of nitrogens with one attached hydrogen (secondary N) is 1. The summed E-state index contributed by atoms with van der Waals surface area (Å²) in [6.07, 6.45) is -3.64. The zero-order valence-electron chi connectivity index (χ0n) is 14.5. The van der Waals surface area contributed by atoms with Crippen molar-refractivity contribution < 1.29 is 31.8 Å². The minimum atomic E-state index is -5.05. The van der Waals surface area contributed by atoms with E-state index in [1.165, 1.54) is 10.7 Å². The van der Waals surface area contributed by atoms with E-state index in [1.54, 1.807) is 0 Å². The lowest BCUT2D eigenvalue weighted by molar-refractivity contribution is -0.275. The Morgan fingerprint density at radius 2 is 2.07 bits per heavy atom. The molecule has 1 saturated carbocycles. The van der Waals surface area contributed by atoms with Crippen LogP contribution in [0.3, 0.4) is 0 Å². The summed E-state index contributed by atoms with van der Waals surface area (Å²) in [6.45, 7) is -1.08. The number of hydrogen-bond acceptors (Lipinski definition) is 5. The highest BCUT2D eigenvalue weighted by molar-refractivity contribution is 5.77. The Labute approximate surface area is 158 Å². The van der Waals surface area contributed by atoms with Gasteiger partial charge in [-0.1, -0.05) is 6.07 Å². The van der Waals surface area contributed by atoms with Crippen LogP contribution in [0, 0.1) is 11.7 Å². The van der Waals surface area contributed by atoms with Gasteiger partial charge in [-0.2, -0.15) is 10.1 Å². The van der Waals surface area contributed by atoms with Crippen LogP contribution in [0.15, 0.2) is 23.0 Å². The van der Waals surface area contributed by atoms with Crippen molar-refractivity contribution in [2.75, 3.05) is 0 Å². The molecule has 1 atom stereocenters. The molecule has 2 aromatic heterocycles. The Morgan fingerprint density at radius 1 is 1.34 bits per heavy atom. The molecule has 3 aromatic rings. The normalized spacial score (nSPS) is 15.6. The van der Waals surface area contributed by atoms with Gasteiger partial charge in [-0.05, 0) is 36.5 Å². The summed E-state index contributed by atoms with van der Waals surface area (Å²) >= 11 is 0. The predicted octanol–water partition coefficient (Wildman–Crippen LogP) is 3.33. The molecule has 4 rings (SSSR count). The van der Waals surface area contributed by atoms with Crippen LogP contribution < -0.4 is 10.3 Å². The Kier molecular flexibility index (Phi) is 4.43. The number of hydrogen-bond donors (Lipinski definition) is 2. The minimum absolute atomic E-state index is 0.0809. The smallest absolute Gasteiger partial charge is 0.480 e. The first-order valence-corrected chi connectivity index (χ1v) is 8.49. The van der Waals surface area contributed by atoms with E-state index >= 15 is 0 Å². The molecular weight excluding hydrogens is 403 g/mol. The van der Waals surface area contributed by atoms with Crippen molar-refractivity contribution in [3.05, 3.63) is 45.6 Å². The summed E-state index contributed by atoms with van der Waals surface area (Å²) < 4.78 is 69.6. The van der Waals surface area contributed by atoms with E-state index in [2.05, 4.69) is 14.8 Å². The highest BCUT2D eigenvalue weighted by atomic mass is 19.4. The SMILES string of the molecule is O=c1[nH]c(O)nc2c1c(CF)nn2[C@@H](c1ccc(OC(F)(F)F)c(F)c1)C1CC1. The molecule has 1 aliphatic carbocycles. The van der Waals surface area contributed by atoms with Gasteiger partial charge in [0.05, 0.1) is 6.04 Å². The molecule has 2 heterocycles. The Bertz CT molecular complexity index is 1140. The summed E-state index contributed by atoms with van der Waals surface area (Å²) in [5, 5.41) is 13.5. The number of aromatic nitrogens is 4. The highest BCUT2D eigenvalue weighted by Crippen LogP contribution is 2.45. The third-order valence-electron chi connectivity index (χ3n) is 4.60. The summed E-state index contributed by atoms with van der Waals surface area (Å²) in [5.41, 5.74) is -0.860. The van der Waals surface area contributed by atoms with Gasteiger partial charge in [0.15, 0.2) is 17.2 Å². The third kappa shape index (κ3) is 3.61. The maximum absolute atomic E-state index is 14.2. The first-order valence-electron chi connectivity index (χ1n) is 8.49. The van der Waals surface area contributed by atoms with E-state index in [1.807, 2.05) is 4.98 Å². The van der Waals surface area contributed by atoms with Crippen LogP contribution in [0.2, 0.25) is 0 Å². The van der Waals surface area contributed by atoms with Gasteiger partial charge in [-0.25, -0.2) is 13.5 Å². The number of fused-ring (bicyclic) bond motifs is 1. The molecule has 0 spiro atoms. The number of halogens is 5. The van der Waals surface area contributed by atoms with Crippen molar-refractivity contribution in [3.63, 3.8) is 0 Å². The van der Waals surface area contributed by atoms with Crippen molar-refractivity contribution in [1.29, 1.82) is 0 Å². The Balaban J connectivity index is 1.84. The molecule has 2 N–H and O–H groups in total. The Hall–Kier alpha value is -3.18. The van der Waals surface area contributed by atoms with E-state index < -0.39 is 42.2 Å². The predicted molar refractivity (Wildman–Crippen MR) is 88.6 cm³/mol. The van der Waals surface area contributed by atoms with E-state index in [4.69, 9.17) is 0 Å². The van der Waals surface area contributed by atoms with Gasteiger partial charge >= 0.3 is 6.36 Å². The maximum Gasteiger partial charge on any atom is 0.573 e. The van der Waals surface area contributed by atoms with Crippen LogP contribution in [-0.4, -0.2) is 31.2 Å². The lowest BCUT2D eigenvalue weighted by atomic mass is 10.0. The zero-order chi connectivity index (χ0) is 20.9. The molecule has 29 heavy (non-hydrogen) atoms. The molecule has 0 amide bonds. The number of ether oxygens (including phenoxy) is 1. The first-order chi connectivity index (χ1) is 13.7. The van der Waals surface area contributed by atoms with Crippen molar-refractivity contribution >= 4 is 11.0 Å². The fourth-order valence-electron chi connectivity index (χ4n) is 3.32. The topological polar surface area (TPSA) is 93.0 Å². The van der Waals surface area contributed by atoms with E-state index in [0.717, 1.165) is 12.1 Å². The molecule has 0 bridgehead atoms. The summed E-state index contributed by atoms with van der Waals surface area (Å²) in [4.78, 5) is 18.0. The van der Waals surface area contributed by atoms with E-state index in [-0.39, 0.29) is 28.2 Å². The summed E-state index contributed by atoms with van der Waals surface area (Å²) in [6, 6.07) is 1.53. The first kappa shape index (κ1) is 19.2. The fourth-order valence-corrected chi connectivity index (χ4v) is 3.32. The quantitative estimate of drug-likeness (QED) is 0.623. The van der Waals surface area contributed by atoms with Crippen LogP contribution >= 0.6 is 0 Å². The molecular formula is C17H13F5N4O3. The van der Waals surface area contributed by atoms with E-state index in [0.29, 0.717) is 12.8 Å². The minimum Gasteiger partial charge on any atom is -0.480 e. The average Bonchev–Trinajstić information content (AvgIpc) is 3.38. The third-order valence-corrected chi connectivity index (χ3v) is 4.60. The van der Waals surface area contributed by atoms with Crippen LogP contribution in [0.25, 0.3) is 11.0 Å². The van der Waals surface area contributed by atoms with Gasteiger partial charge in [0.1, 0.15) is 17.8 Å². The molecule has 1 fully saturated rings. The van der Waals surface area contributed by atoms with Gasteiger partial charge in [0.2, 0.25) is 0 Å². The lowest BCUT2D eigenvalue weighted by Gasteiger charge is -2.19. The molecule has 1 aliphatic rings. The number of nitrogens with zero attached hydrogens (tertiary/aromatic N) is 3. The number of aromatic hydroxyl groups is 1. The lowest BCUT2D eigenvalue weighted by Crippen LogP contribution is -2.19. The fraction of sp³-hybridized carbons (Fsp3) is 0.353. The average molecular weight is 416 g/mol. The highest BCUT2D eigenvalue weighted by Gasteiger charge is 2.38. The van der Waals surface area contributed by atoms with Crippen LogP contribution in [0.4, 0.5) is 22.0 Å². The Morgan fingerprint density at radius 3 is 2.66 bits per heavy atom. The number of aromatic amines is 1. The zero-order valence-corrected chi connectivity index (χ0v) is 14.5. The van der Waals surface area contributed by atoms with Crippen molar-refractivity contribution in [2.24, 2.45) is 5.92 Å². The second-order valence-corrected chi connectivity index (χ2v) is 6.63. The molecule has 0 aliphatic heterocycles. The molecule has 7 nitrogen and oxygen atoms in total. The van der Waals surface area contributed by atoms with Crippen LogP contribution in [0.1, 0.15) is 30.1 Å². The van der Waals surface area contributed by atoms with Gasteiger partial charge in [-0.15, -0.1) is 13.2 Å². The second kappa shape index (κ2) is 6.71. The molecule has 0 radical (unpaired) electrons. The molecule has 1 aromatic carbocycles. The summed E-state index contributed by atoms with van der Waals surface area (Å²) in [7, 11) is 0. The van der Waals surface area contributed by atoms with Gasteiger partial charge in [-0.3, -0.25) is 9.78 Å². The second-order valence-electron chi connectivity index (χ2n) is 6.63. The maximum atomic E-state index is 14.2. The molecule has 0 saturated heterocycles. The molecule has 12 heteroatoms. The molecule has 0 unspecified atom stereocenters. The summed E-state index contributed by atoms with van der Waals surface area (Å²) in [5.74, 6) is -2.30. The number of H-pyrrole nitrogens is 1. The van der Waals surface area contributed by atoms with Gasteiger partial charge < -0.3 is 9.84 Å².